The molecule has 0 bridgehead atoms. The molecule has 2 aromatic rings. The molecule has 2 rings (SSSR count). The predicted octanol–water partition coefficient (Wildman–Crippen LogP) is 4.29. The number of carbonyl (C=O) groups excluding carboxylic acids is 1. The molecule has 2 aromatic carbocycles. The van der Waals surface area contributed by atoms with E-state index in [2.05, 4.69) is 43.4 Å². The number of thioether (sulfide) groups is 1. The van der Waals surface area contributed by atoms with Crippen LogP contribution < -0.4 is 5.32 Å². The van der Waals surface area contributed by atoms with Gasteiger partial charge >= 0.3 is 0 Å². The Morgan fingerprint density at radius 2 is 2.00 bits per heavy atom. The number of amides is 1. The number of benzene rings is 2. The molecule has 1 N–H and O–H groups in total. The molecule has 1 atom stereocenters. The monoisotopic (exact) mass is 310 g/mol. The Kier molecular flexibility index (Phi) is 5.24. The van der Waals surface area contributed by atoms with Crippen LogP contribution in [0, 0.1) is 25.2 Å². The summed E-state index contributed by atoms with van der Waals surface area (Å²) >= 11 is 1.54. The fourth-order valence-corrected chi connectivity index (χ4v) is 3.02. The fraction of sp³-hybridized carbons (Fsp3) is 0.222. The standard InChI is InChI=1S/C18H18N2OS/c1-12-7-8-17(13(2)9-12)22-14(3)18(21)20-16-6-4-5-15(10-16)11-19/h4-10,14H,1-3H3,(H,20,21)/t14-/m0/s1. The van der Waals surface area contributed by atoms with Gasteiger partial charge in [-0.2, -0.15) is 5.26 Å². The zero-order chi connectivity index (χ0) is 16.1. The number of nitrogens with zero attached hydrogens (tertiary/aromatic N) is 1. The van der Waals surface area contributed by atoms with Crippen molar-refractivity contribution in [1.82, 2.24) is 0 Å². The van der Waals surface area contributed by atoms with Crippen molar-refractivity contribution in [3.8, 4) is 6.07 Å². The van der Waals surface area contributed by atoms with Gasteiger partial charge in [-0.05, 0) is 50.6 Å². The van der Waals surface area contributed by atoms with Crippen molar-refractivity contribution < 1.29 is 4.79 Å². The lowest BCUT2D eigenvalue weighted by atomic mass is 10.2. The number of rotatable bonds is 4. The second-order valence-corrected chi connectivity index (χ2v) is 6.59. The molecular weight excluding hydrogens is 292 g/mol. The van der Waals surface area contributed by atoms with Gasteiger partial charge in [0.1, 0.15) is 0 Å². The molecule has 4 heteroatoms. The molecular formula is C18H18N2OS. The number of nitriles is 1. The van der Waals surface area contributed by atoms with Crippen LogP contribution >= 0.6 is 11.8 Å². The van der Waals surface area contributed by atoms with Crippen LogP contribution in [0.1, 0.15) is 23.6 Å². The molecule has 0 saturated heterocycles. The third-order valence-electron chi connectivity index (χ3n) is 3.26. The average Bonchev–Trinajstić information content (AvgIpc) is 2.50. The smallest absolute Gasteiger partial charge is 0.237 e. The highest BCUT2D eigenvalue weighted by molar-refractivity contribution is 8.00. The van der Waals surface area contributed by atoms with E-state index in [0.29, 0.717) is 11.3 Å². The minimum absolute atomic E-state index is 0.0694. The Balaban J connectivity index is 2.04. The van der Waals surface area contributed by atoms with Crippen molar-refractivity contribution >= 4 is 23.4 Å². The highest BCUT2D eigenvalue weighted by Crippen LogP contribution is 2.28. The third-order valence-corrected chi connectivity index (χ3v) is 4.54. The van der Waals surface area contributed by atoms with E-state index in [9.17, 15) is 4.79 Å². The summed E-state index contributed by atoms with van der Waals surface area (Å²) in [5.41, 5.74) is 3.58. The van der Waals surface area contributed by atoms with Gasteiger partial charge in [-0.15, -0.1) is 11.8 Å². The van der Waals surface area contributed by atoms with E-state index in [0.717, 1.165) is 4.90 Å². The number of hydrogen-bond donors (Lipinski definition) is 1. The fourth-order valence-electron chi connectivity index (χ4n) is 2.09. The lowest BCUT2D eigenvalue weighted by Crippen LogP contribution is -2.22. The largest absolute Gasteiger partial charge is 0.325 e. The second kappa shape index (κ2) is 7.15. The minimum atomic E-state index is -0.216. The van der Waals surface area contributed by atoms with E-state index < -0.39 is 0 Å². The SMILES string of the molecule is Cc1ccc(S[C@@H](C)C(=O)Nc2cccc(C#N)c2)c(C)c1. The van der Waals surface area contributed by atoms with Crippen molar-refractivity contribution in [1.29, 1.82) is 5.26 Å². The summed E-state index contributed by atoms with van der Waals surface area (Å²) in [6.07, 6.45) is 0. The van der Waals surface area contributed by atoms with Gasteiger partial charge < -0.3 is 5.32 Å². The van der Waals surface area contributed by atoms with Crippen molar-refractivity contribution in [2.45, 2.75) is 30.9 Å². The summed E-state index contributed by atoms with van der Waals surface area (Å²) in [6, 6.07) is 15.2. The van der Waals surface area contributed by atoms with Crippen LogP contribution in [-0.2, 0) is 4.79 Å². The van der Waals surface area contributed by atoms with E-state index in [-0.39, 0.29) is 11.2 Å². The molecule has 3 nitrogen and oxygen atoms in total. The normalized spacial score (nSPS) is 11.5. The first-order chi connectivity index (χ1) is 10.5. The molecule has 22 heavy (non-hydrogen) atoms. The highest BCUT2D eigenvalue weighted by atomic mass is 32.2. The van der Waals surface area contributed by atoms with Crippen molar-refractivity contribution in [2.24, 2.45) is 0 Å². The van der Waals surface area contributed by atoms with Crippen LogP contribution in [0.2, 0.25) is 0 Å². The van der Waals surface area contributed by atoms with Crippen molar-refractivity contribution in [3.05, 3.63) is 59.2 Å². The van der Waals surface area contributed by atoms with Crippen LogP contribution in [0.5, 0.6) is 0 Å². The topological polar surface area (TPSA) is 52.9 Å². The lowest BCUT2D eigenvalue weighted by molar-refractivity contribution is -0.115. The molecule has 0 radical (unpaired) electrons. The summed E-state index contributed by atoms with van der Waals surface area (Å²) in [5, 5.41) is 11.5. The molecule has 0 unspecified atom stereocenters. The number of hydrogen-bond acceptors (Lipinski definition) is 3. The van der Waals surface area contributed by atoms with Crippen LogP contribution in [-0.4, -0.2) is 11.2 Å². The van der Waals surface area contributed by atoms with Gasteiger partial charge in [0.2, 0.25) is 5.91 Å². The first-order valence-electron chi connectivity index (χ1n) is 7.04. The quantitative estimate of drug-likeness (QED) is 0.857. The molecule has 0 heterocycles. The lowest BCUT2D eigenvalue weighted by Gasteiger charge is -2.14. The maximum Gasteiger partial charge on any atom is 0.237 e. The number of nitrogens with one attached hydrogen (secondary N) is 1. The number of anilines is 1. The molecule has 0 fully saturated rings. The number of aryl methyl sites for hydroxylation is 2. The van der Waals surface area contributed by atoms with Crippen LogP contribution in [0.3, 0.4) is 0 Å². The Bertz CT molecular complexity index is 734. The summed E-state index contributed by atoms with van der Waals surface area (Å²) in [6.45, 7) is 5.99. The van der Waals surface area contributed by atoms with Crippen molar-refractivity contribution in [2.75, 3.05) is 5.32 Å². The van der Waals surface area contributed by atoms with Gasteiger partial charge in [-0.1, -0.05) is 23.8 Å². The van der Waals surface area contributed by atoms with E-state index >= 15 is 0 Å². The van der Waals surface area contributed by atoms with E-state index in [4.69, 9.17) is 5.26 Å². The summed E-state index contributed by atoms with van der Waals surface area (Å²) in [4.78, 5) is 13.4. The Labute approximate surface area is 135 Å². The zero-order valence-electron chi connectivity index (χ0n) is 12.9. The molecule has 0 aromatic heterocycles. The highest BCUT2D eigenvalue weighted by Gasteiger charge is 2.15. The van der Waals surface area contributed by atoms with Crippen LogP contribution in [0.15, 0.2) is 47.4 Å². The molecule has 1 amide bonds. The average molecular weight is 310 g/mol. The zero-order valence-corrected chi connectivity index (χ0v) is 13.7. The van der Waals surface area contributed by atoms with Crippen molar-refractivity contribution in [3.63, 3.8) is 0 Å². The summed E-state index contributed by atoms with van der Waals surface area (Å²) in [7, 11) is 0. The Hall–Kier alpha value is -2.25. The van der Waals surface area contributed by atoms with Gasteiger partial charge in [-0.25, -0.2) is 0 Å². The Morgan fingerprint density at radius 1 is 1.23 bits per heavy atom. The van der Waals surface area contributed by atoms with Gasteiger partial charge in [0.25, 0.3) is 0 Å². The molecule has 0 saturated carbocycles. The Morgan fingerprint density at radius 3 is 2.68 bits per heavy atom. The maximum atomic E-state index is 12.3. The van der Waals surface area contributed by atoms with Crippen LogP contribution in [0.4, 0.5) is 5.69 Å². The van der Waals surface area contributed by atoms with Crippen LogP contribution in [0.25, 0.3) is 0 Å². The predicted molar refractivity (Wildman–Crippen MR) is 91.0 cm³/mol. The second-order valence-electron chi connectivity index (χ2n) is 5.21. The van der Waals surface area contributed by atoms with E-state index in [1.165, 1.54) is 22.9 Å². The summed E-state index contributed by atoms with van der Waals surface area (Å²) in [5.74, 6) is -0.0694. The van der Waals surface area contributed by atoms with E-state index in [1.54, 1.807) is 24.3 Å². The number of carbonyl (C=O) groups is 1. The third kappa shape index (κ3) is 4.12. The minimum Gasteiger partial charge on any atom is -0.325 e. The molecule has 0 spiro atoms. The first-order valence-corrected chi connectivity index (χ1v) is 7.92. The van der Waals surface area contributed by atoms with Gasteiger partial charge in [-0.3, -0.25) is 4.79 Å². The molecule has 0 aliphatic carbocycles. The summed E-state index contributed by atoms with van der Waals surface area (Å²) < 4.78 is 0. The van der Waals surface area contributed by atoms with Gasteiger partial charge in [0, 0.05) is 10.6 Å². The van der Waals surface area contributed by atoms with Gasteiger partial charge in [0.05, 0.1) is 16.9 Å². The molecule has 0 aliphatic heterocycles. The van der Waals surface area contributed by atoms with Gasteiger partial charge in [0.15, 0.2) is 0 Å². The van der Waals surface area contributed by atoms with E-state index in [1.807, 2.05) is 6.92 Å². The molecule has 112 valence electrons. The maximum absolute atomic E-state index is 12.3. The first kappa shape index (κ1) is 16.1. The molecule has 0 aliphatic rings.